The lowest BCUT2D eigenvalue weighted by molar-refractivity contribution is -0.169. The van der Waals surface area contributed by atoms with E-state index in [0.717, 1.165) is 44.7 Å². The molecule has 2 saturated heterocycles. The summed E-state index contributed by atoms with van der Waals surface area (Å²) in [6.07, 6.45) is 10.8. The number of hydrazine groups is 1. The lowest BCUT2D eigenvalue weighted by Crippen LogP contribution is -2.76. The Kier molecular flexibility index (Phi) is 9.68. The first kappa shape index (κ1) is 30.6. The number of hydrogen-bond donors (Lipinski definition) is 2. The number of unbranched alkanes of at least 4 members (excludes halogenated alkanes) is 2. The molecule has 0 spiro atoms. The van der Waals surface area contributed by atoms with Crippen LogP contribution in [0.2, 0.25) is 0 Å². The molecule has 2 fully saturated rings. The summed E-state index contributed by atoms with van der Waals surface area (Å²) in [5.41, 5.74) is -0.971. The van der Waals surface area contributed by atoms with E-state index in [-0.39, 0.29) is 22.2 Å². The monoisotopic (exact) mass is 537 g/mol. The summed E-state index contributed by atoms with van der Waals surface area (Å²) in [6, 6.07) is 0.969. The third-order valence-corrected chi connectivity index (χ3v) is 8.75. The first-order valence-electron chi connectivity index (χ1n) is 14.8. The Hall–Kier alpha value is -0.890. The first-order chi connectivity index (χ1) is 17.2. The maximum Gasteiger partial charge on any atom is 0.221 e. The van der Waals surface area contributed by atoms with Crippen LogP contribution in [-0.2, 0) is 0 Å². The normalized spacial score (nSPS) is 28.0. The second kappa shape index (κ2) is 11.7. The molecule has 3 aliphatic rings. The lowest BCUT2D eigenvalue weighted by atomic mass is 9.76. The van der Waals surface area contributed by atoms with Crippen LogP contribution in [0, 0.1) is 0 Å². The average molecular weight is 538 g/mol. The summed E-state index contributed by atoms with van der Waals surface area (Å²) in [6.45, 7) is 25.5. The molecule has 0 aliphatic carbocycles. The van der Waals surface area contributed by atoms with Gasteiger partial charge in [-0.15, -0.1) is 0 Å². The minimum Gasteiger partial charge on any atom is -0.331 e. The highest BCUT2D eigenvalue weighted by molar-refractivity contribution is 6.22. The summed E-state index contributed by atoms with van der Waals surface area (Å²) in [5.74, 6) is 0.926. The first-order valence-corrected chi connectivity index (χ1v) is 15.2. The predicted molar refractivity (Wildman–Crippen MR) is 159 cm³/mol. The van der Waals surface area contributed by atoms with Crippen molar-refractivity contribution < 1.29 is 0 Å². The number of aliphatic imine (C=N–C) groups is 2. The third-order valence-electron chi connectivity index (χ3n) is 8.45. The molecule has 214 valence electrons. The number of alkyl halides is 1. The third kappa shape index (κ3) is 6.82. The molecule has 3 rings (SSSR count). The fourth-order valence-corrected chi connectivity index (χ4v) is 7.86. The molecular formula is C29H56ClN7. The van der Waals surface area contributed by atoms with Crippen LogP contribution >= 0.6 is 11.6 Å². The van der Waals surface area contributed by atoms with E-state index in [1.807, 2.05) is 0 Å². The maximum atomic E-state index is 7.07. The summed E-state index contributed by atoms with van der Waals surface area (Å²) in [5, 5.41) is 12.4. The number of piperidine rings is 2. The highest BCUT2D eigenvalue weighted by Gasteiger charge is 2.55. The van der Waals surface area contributed by atoms with E-state index < -0.39 is 5.62 Å². The van der Waals surface area contributed by atoms with Crippen molar-refractivity contribution in [3.05, 3.63) is 0 Å². The van der Waals surface area contributed by atoms with Crippen LogP contribution in [0.4, 0.5) is 0 Å². The van der Waals surface area contributed by atoms with Gasteiger partial charge in [-0.1, -0.05) is 38.3 Å². The van der Waals surface area contributed by atoms with Gasteiger partial charge in [-0.05, 0) is 107 Å². The summed E-state index contributed by atoms with van der Waals surface area (Å²) in [7, 11) is 0. The molecule has 1 atom stereocenters. The smallest absolute Gasteiger partial charge is 0.221 e. The van der Waals surface area contributed by atoms with Gasteiger partial charge in [0.25, 0.3) is 0 Å². The van der Waals surface area contributed by atoms with Crippen molar-refractivity contribution in [2.24, 2.45) is 9.98 Å². The van der Waals surface area contributed by atoms with Gasteiger partial charge in [0.1, 0.15) is 6.34 Å². The summed E-state index contributed by atoms with van der Waals surface area (Å²) in [4.78, 5) is 12.1. The molecular weight excluding hydrogens is 482 g/mol. The molecule has 8 heteroatoms. The zero-order chi connectivity index (χ0) is 27.6. The molecule has 0 aromatic heterocycles. The second-order valence-electron chi connectivity index (χ2n) is 14.1. The van der Waals surface area contributed by atoms with E-state index in [1.54, 1.807) is 6.34 Å². The van der Waals surface area contributed by atoms with Crippen molar-refractivity contribution in [2.75, 3.05) is 13.1 Å². The molecule has 0 radical (unpaired) electrons. The molecule has 3 aliphatic heterocycles. The van der Waals surface area contributed by atoms with Gasteiger partial charge in [-0.25, -0.2) is 20.0 Å². The van der Waals surface area contributed by atoms with E-state index in [0.29, 0.717) is 12.1 Å². The number of guanidine groups is 1. The number of halogens is 1. The molecule has 37 heavy (non-hydrogen) atoms. The maximum absolute atomic E-state index is 7.07. The van der Waals surface area contributed by atoms with Crippen molar-refractivity contribution >= 4 is 23.9 Å². The average Bonchev–Trinajstić information content (AvgIpc) is 2.73. The van der Waals surface area contributed by atoms with Crippen LogP contribution in [0.25, 0.3) is 0 Å². The van der Waals surface area contributed by atoms with E-state index in [1.165, 1.54) is 25.7 Å². The number of hydrogen-bond acceptors (Lipinski definition) is 7. The van der Waals surface area contributed by atoms with Crippen molar-refractivity contribution in [3.8, 4) is 0 Å². The van der Waals surface area contributed by atoms with Gasteiger partial charge in [0.15, 0.2) is 0 Å². The second-order valence-corrected chi connectivity index (χ2v) is 14.5. The molecule has 0 bridgehead atoms. The quantitative estimate of drug-likeness (QED) is 0.216. The van der Waals surface area contributed by atoms with E-state index in [4.69, 9.17) is 16.6 Å². The topological polar surface area (TPSA) is 58.5 Å². The SMILES string of the molecule is CCCCNC1CC(C)(C)N(C2=NC=NC(Cl)N2N2C(C)(C)CC(NCCCC)CC2(C)C)C(C)(C)C1. The molecule has 0 aromatic rings. The molecule has 1 unspecified atom stereocenters. The number of nitrogens with zero attached hydrogens (tertiary/aromatic N) is 5. The fourth-order valence-electron chi connectivity index (χ4n) is 7.63. The Labute approximate surface area is 232 Å². The molecule has 0 aromatic carbocycles. The van der Waals surface area contributed by atoms with Crippen LogP contribution in [0.3, 0.4) is 0 Å². The molecule has 3 heterocycles. The van der Waals surface area contributed by atoms with Crippen LogP contribution < -0.4 is 10.6 Å². The van der Waals surface area contributed by atoms with E-state index in [9.17, 15) is 0 Å². The number of likely N-dealkylation sites (tertiary alicyclic amines) is 1. The Balaban J connectivity index is 1.93. The van der Waals surface area contributed by atoms with Crippen LogP contribution in [0.15, 0.2) is 9.98 Å². The van der Waals surface area contributed by atoms with E-state index in [2.05, 4.69) is 99.8 Å². The number of nitrogens with one attached hydrogen (secondary N) is 2. The van der Waals surface area contributed by atoms with Gasteiger partial charge < -0.3 is 15.5 Å². The number of rotatable bonds is 9. The standard InChI is InChI=1S/C29H56ClN7/c1-11-13-15-31-22-17-26(3,4)36(27(5,6)18-22)25-34-21-33-24(30)35(25)37-28(7,8)19-23(20-29(37,9)10)32-16-14-12-2/h21-24,31-32H,11-20H2,1-10H3. The van der Waals surface area contributed by atoms with Crippen molar-refractivity contribution in [2.45, 2.75) is 160 Å². The predicted octanol–water partition coefficient (Wildman–Crippen LogP) is 5.95. The van der Waals surface area contributed by atoms with Gasteiger partial charge >= 0.3 is 0 Å². The highest BCUT2D eigenvalue weighted by Crippen LogP contribution is 2.45. The van der Waals surface area contributed by atoms with Gasteiger partial charge in [0.05, 0.1) is 0 Å². The van der Waals surface area contributed by atoms with Crippen LogP contribution in [0.5, 0.6) is 0 Å². The van der Waals surface area contributed by atoms with Gasteiger partial charge in [0, 0.05) is 34.2 Å². The zero-order valence-corrected chi connectivity index (χ0v) is 26.3. The Morgan fingerprint density at radius 3 is 1.65 bits per heavy atom. The van der Waals surface area contributed by atoms with Crippen LogP contribution in [0.1, 0.15) is 121 Å². The van der Waals surface area contributed by atoms with Crippen LogP contribution in [-0.4, -0.2) is 80.2 Å². The van der Waals surface area contributed by atoms with Gasteiger partial charge in [-0.3, -0.25) is 0 Å². The molecule has 0 amide bonds. The molecule has 7 nitrogen and oxygen atoms in total. The highest BCUT2D eigenvalue weighted by atomic mass is 35.5. The van der Waals surface area contributed by atoms with Crippen molar-refractivity contribution in [1.29, 1.82) is 0 Å². The molecule has 2 N–H and O–H groups in total. The zero-order valence-electron chi connectivity index (χ0n) is 25.5. The minimum atomic E-state index is -0.525. The van der Waals surface area contributed by atoms with E-state index >= 15 is 0 Å². The lowest BCUT2D eigenvalue weighted by Gasteiger charge is -2.63. The Bertz CT molecular complexity index is 783. The van der Waals surface area contributed by atoms with Gasteiger partial charge in [0.2, 0.25) is 11.6 Å². The Morgan fingerprint density at radius 2 is 1.22 bits per heavy atom. The summed E-state index contributed by atoms with van der Waals surface area (Å²) >= 11 is 7.07. The largest absolute Gasteiger partial charge is 0.331 e. The summed E-state index contributed by atoms with van der Waals surface area (Å²) < 4.78 is 0. The molecule has 0 saturated carbocycles. The van der Waals surface area contributed by atoms with Crippen molar-refractivity contribution in [1.82, 2.24) is 25.6 Å². The Morgan fingerprint density at radius 1 is 0.784 bits per heavy atom. The fraction of sp³-hybridized carbons (Fsp3) is 0.931. The van der Waals surface area contributed by atoms with Gasteiger partial charge in [-0.2, -0.15) is 0 Å². The van der Waals surface area contributed by atoms with Crippen molar-refractivity contribution in [3.63, 3.8) is 0 Å². The minimum absolute atomic E-state index is 0.0984.